The molecule has 1 aromatic heterocycles. The van der Waals surface area contributed by atoms with Crippen LogP contribution in [0.15, 0.2) is 10.7 Å². The van der Waals surface area contributed by atoms with Gasteiger partial charge in [0.25, 0.3) is 6.43 Å². The zero-order chi connectivity index (χ0) is 13.0. The number of alkyl halides is 2. The minimum Gasteiger partial charge on any atom is -0.466 e. The molecule has 0 amide bonds. The molecule has 0 aliphatic rings. The van der Waals surface area contributed by atoms with Gasteiger partial charge in [-0.15, -0.1) is 0 Å². The van der Waals surface area contributed by atoms with Gasteiger partial charge in [0, 0.05) is 0 Å². The van der Waals surface area contributed by atoms with Crippen LogP contribution in [0.3, 0.4) is 0 Å². The number of aromatic nitrogens is 1. The third-order valence-corrected chi connectivity index (χ3v) is 3.46. The van der Waals surface area contributed by atoms with Crippen molar-refractivity contribution < 1.29 is 18.3 Å². The lowest BCUT2D eigenvalue weighted by molar-refractivity contribution is -0.142. The molecule has 0 saturated heterocycles. The number of ether oxygens (including phenoxy) is 1. The van der Waals surface area contributed by atoms with Crippen molar-refractivity contribution in [2.75, 3.05) is 6.61 Å². The SMILES string of the molecule is CCOC(=O)Cc1cc(C(F)F)c(I)nc1Br. The first-order valence-corrected chi connectivity index (χ1v) is 6.61. The highest BCUT2D eigenvalue weighted by Gasteiger charge is 2.17. The molecule has 0 fully saturated rings. The molecule has 0 radical (unpaired) electrons. The van der Waals surface area contributed by atoms with E-state index in [0.29, 0.717) is 10.2 Å². The van der Waals surface area contributed by atoms with Crippen molar-refractivity contribution >= 4 is 44.5 Å². The predicted octanol–water partition coefficient (Wildman–Crippen LogP) is 3.49. The van der Waals surface area contributed by atoms with Gasteiger partial charge in [-0.2, -0.15) is 0 Å². The Morgan fingerprint density at radius 3 is 2.82 bits per heavy atom. The van der Waals surface area contributed by atoms with E-state index in [9.17, 15) is 13.6 Å². The molecule has 0 saturated carbocycles. The average molecular weight is 420 g/mol. The van der Waals surface area contributed by atoms with Crippen molar-refractivity contribution in [3.8, 4) is 0 Å². The molecule has 0 bridgehead atoms. The highest BCUT2D eigenvalue weighted by atomic mass is 127. The highest BCUT2D eigenvalue weighted by Crippen LogP contribution is 2.27. The Labute approximate surface area is 119 Å². The van der Waals surface area contributed by atoms with E-state index in [4.69, 9.17) is 4.74 Å². The van der Waals surface area contributed by atoms with E-state index in [1.54, 1.807) is 29.5 Å². The van der Waals surface area contributed by atoms with Crippen molar-refractivity contribution in [1.29, 1.82) is 0 Å². The van der Waals surface area contributed by atoms with E-state index in [2.05, 4.69) is 20.9 Å². The summed E-state index contributed by atoms with van der Waals surface area (Å²) in [6.07, 6.45) is -2.68. The number of carbonyl (C=O) groups is 1. The van der Waals surface area contributed by atoms with Crippen LogP contribution in [0, 0.1) is 3.70 Å². The Kier molecular flexibility index (Phi) is 5.71. The molecule has 0 aliphatic heterocycles. The van der Waals surface area contributed by atoms with Gasteiger partial charge in [-0.1, -0.05) is 0 Å². The van der Waals surface area contributed by atoms with E-state index in [1.165, 1.54) is 6.07 Å². The molecule has 1 aromatic rings. The lowest BCUT2D eigenvalue weighted by Gasteiger charge is -2.08. The zero-order valence-electron chi connectivity index (χ0n) is 8.84. The van der Waals surface area contributed by atoms with Crippen molar-refractivity contribution in [2.24, 2.45) is 0 Å². The van der Waals surface area contributed by atoms with Crippen LogP contribution in [-0.2, 0) is 16.0 Å². The molecule has 7 heteroatoms. The molecule has 1 rings (SSSR count). The Morgan fingerprint density at radius 2 is 2.29 bits per heavy atom. The molecular formula is C10H9BrF2INO2. The maximum Gasteiger partial charge on any atom is 0.310 e. The van der Waals surface area contributed by atoms with E-state index < -0.39 is 12.4 Å². The van der Waals surface area contributed by atoms with Crippen LogP contribution < -0.4 is 0 Å². The van der Waals surface area contributed by atoms with Crippen LogP contribution in [0.2, 0.25) is 0 Å². The van der Waals surface area contributed by atoms with E-state index in [0.717, 1.165) is 0 Å². The quantitative estimate of drug-likeness (QED) is 0.426. The summed E-state index contributed by atoms with van der Waals surface area (Å²) >= 11 is 4.87. The number of carbonyl (C=O) groups excluding carboxylic acids is 1. The molecule has 94 valence electrons. The summed E-state index contributed by atoms with van der Waals surface area (Å²) in [6, 6.07) is 1.28. The number of hydrogen-bond donors (Lipinski definition) is 0. The maximum absolute atomic E-state index is 12.6. The summed E-state index contributed by atoms with van der Waals surface area (Å²) in [4.78, 5) is 15.2. The van der Waals surface area contributed by atoms with Gasteiger partial charge in [-0.25, -0.2) is 13.8 Å². The minimum atomic E-state index is -2.61. The van der Waals surface area contributed by atoms with Crippen molar-refractivity contribution in [3.63, 3.8) is 0 Å². The summed E-state index contributed by atoms with van der Waals surface area (Å²) < 4.78 is 30.7. The summed E-state index contributed by atoms with van der Waals surface area (Å²) in [6.45, 7) is 1.94. The topological polar surface area (TPSA) is 39.2 Å². The summed E-state index contributed by atoms with van der Waals surface area (Å²) in [5.74, 6) is -0.462. The van der Waals surface area contributed by atoms with E-state index >= 15 is 0 Å². The fourth-order valence-corrected chi connectivity index (χ4v) is 2.57. The van der Waals surface area contributed by atoms with Gasteiger partial charge in [-0.3, -0.25) is 4.79 Å². The van der Waals surface area contributed by atoms with Crippen LogP contribution >= 0.6 is 38.5 Å². The van der Waals surface area contributed by atoms with Crippen LogP contribution in [0.1, 0.15) is 24.5 Å². The molecule has 1 heterocycles. The van der Waals surface area contributed by atoms with Gasteiger partial charge in [0.2, 0.25) is 0 Å². The molecule has 3 nitrogen and oxygen atoms in total. The Morgan fingerprint density at radius 1 is 1.65 bits per heavy atom. The monoisotopic (exact) mass is 419 g/mol. The van der Waals surface area contributed by atoms with E-state index in [-0.39, 0.29) is 22.3 Å². The first-order valence-electron chi connectivity index (χ1n) is 4.74. The largest absolute Gasteiger partial charge is 0.466 e. The summed E-state index contributed by atoms with van der Waals surface area (Å²) in [7, 11) is 0. The van der Waals surface area contributed by atoms with Gasteiger partial charge in [0.15, 0.2) is 0 Å². The third kappa shape index (κ3) is 4.13. The molecule has 0 N–H and O–H groups in total. The fourth-order valence-electron chi connectivity index (χ4n) is 1.17. The normalized spacial score (nSPS) is 10.7. The van der Waals surface area contributed by atoms with Crippen molar-refractivity contribution in [3.05, 3.63) is 25.5 Å². The maximum atomic E-state index is 12.6. The summed E-state index contributed by atoms with van der Waals surface area (Å²) in [5.41, 5.74) is 0.229. The van der Waals surface area contributed by atoms with Gasteiger partial charge in [0.05, 0.1) is 18.6 Å². The lowest BCUT2D eigenvalue weighted by Crippen LogP contribution is -2.09. The van der Waals surface area contributed by atoms with Gasteiger partial charge in [0.1, 0.15) is 8.30 Å². The van der Waals surface area contributed by atoms with Crippen molar-refractivity contribution in [1.82, 2.24) is 4.98 Å². The Hall–Kier alpha value is -0.310. The first kappa shape index (κ1) is 14.7. The number of nitrogens with zero attached hydrogens (tertiary/aromatic N) is 1. The molecule has 0 spiro atoms. The van der Waals surface area contributed by atoms with Crippen molar-refractivity contribution in [2.45, 2.75) is 19.8 Å². The molecule has 0 atom stereocenters. The molecule has 0 unspecified atom stereocenters. The zero-order valence-corrected chi connectivity index (χ0v) is 12.6. The number of hydrogen-bond acceptors (Lipinski definition) is 3. The molecule has 17 heavy (non-hydrogen) atoms. The number of pyridine rings is 1. The Bertz CT molecular complexity index is 429. The number of halogens is 4. The number of rotatable bonds is 4. The van der Waals surface area contributed by atoms with Gasteiger partial charge < -0.3 is 4.74 Å². The van der Waals surface area contributed by atoms with E-state index in [1.807, 2.05) is 0 Å². The van der Waals surface area contributed by atoms with Crippen LogP contribution in [-0.4, -0.2) is 17.6 Å². The van der Waals surface area contributed by atoms with Crippen LogP contribution in [0.5, 0.6) is 0 Å². The van der Waals surface area contributed by atoms with Crippen LogP contribution in [0.25, 0.3) is 0 Å². The molecular weight excluding hydrogens is 411 g/mol. The number of esters is 1. The smallest absolute Gasteiger partial charge is 0.310 e. The third-order valence-electron chi connectivity index (χ3n) is 1.90. The summed E-state index contributed by atoms with van der Waals surface area (Å²) in [5, 5.41) is 0. The molecule has 0 aromatic carbocycles. The van der Waals surface area contributed by atoms with Gasteiger partial charge >= 0.3 is 5.97 Å². The Balaban J connectivity index is 2.99. The van der Waals surface area contributed by atoms with Crippen LogP contribution in [0.4, 0.5) is 8.78 Å². The highest BCUT2D eigenvalue weighted by molar-refractivity contribution is 14.1. The lowest BCUT2D eigenvalue weighted by atomic mass is 10.1. The molecule has 0 aliphatic carbocycles. The second kappa shape index (κ2) is 6.58. The second-order valence-electron chi connectivity index (χ2n) is 3.10. The fraction of sp³-hybridized carbons (Fsp3) is 0.400. The predicted molar refractivity (Wildman–Crippen MR) is 69.9 cm³/mol. The minimum absolute atomic E-state index is 0.0714. The standard InChI is InChI=1S/C10H9BrF2INO2/c1-2-17-7(16)4-5-3-6(9(12)13)10(14)15-8(5)11/h3,9H,2,4H2,1H3. The second-order valence-corrected chi connectivity index (χ2v) is 4.87. The van der Waals surface area contributed by atoms with Gasteiger partial charge in [-0.05, 0) is 57.1 Å². The average Bonchev–Trinajstić information content (AvgIpc) is 2.21. The first-order chi connectivity index (χ1) is 7.95.